The zero-order valence-electron chi connectivity index (χ0n) is 21.1. The van der Waals surface area contributed by atoms with E-state index in [2.05, 4.69) is 10.4 Å². The number of benzene rings is 2. The SMILES string of the molecule is COC(=O)CC(NC(=O)[C@@H]1[C@H]2CC[C@H](C2)N1C(=O)Cn1nc(C(N)=O)c2ccccc21)c1cccc(Cl)c1F. The number of fused-ring (bicyclic) bond motifs is 3. The van der Waals surface area contributed by atoms with Crippen molar-refractivity contribution in [2.45, 2.75) is 50.4 Å². The van der Waals surface area contributed by atoms with Gasteiger partial charge in [0.25, 0.3) is 5.91 Å². The quantitative estimate of drug-likeness (QED) is 0.410. The highest BCUT2D eigenvalue weighted by atomic mass is 35.5. The monoisotopic (exact) mass is 555 g/mol. The van der Waals surface area contributed by atoms with Crippen molar-refractivity contribution in [3.63, 3.8) is 0 Å². The van der Waals surface area contributed by atoms with Crippen molar-refractivity contribution in [2.24, 2.45) is 11.7 Å². The molecule has 0 spiro atoms. The number of nitrogens with two attached hydrogens (primary N) is 1. The Labute approximate surface area is 228 Å². The van der Waals surface area contributed by atoms with E-state index in [1.54, 1.807) is 29.2 Å². The molecular weight excluding hydrogens is 529 g/mol. The molecule has 2 fully saturated rings. The number of nitrogens with one attached hydrogen (secondary N) is 1. The molecule has 12 heteroatoms. The molecule has 1 aliphatic carbocycles. The molecule has 5 rings (SSSR count). The van der Waals surface area contributed by atoms with E-state index in [1.165, 1.54) is 30.0 Å². The number of likely N-dealkylation sites (tertiary alicyclic amines) is 1. The van der Waals surface area contributed by atoms with Crippen LogP contribution in [0.4, 0.5) is 4.39 Å². The minimum Gasteiger partial charge on any atom is -0.469 e. The Bertz CT molecular complexity index is 1480. The third kappa shape index (κ3) is 4.94. The summed E-state index contributed by atoms with van der Waals surface area (Å²) in [6.07, 6.45) is 1.85. The molecule has 3 aromatic rings. The number of piperidine rings is 1. The lowest BCUT2D eigenvalue weighted by Gasteiger charge is -2.35. The zero-order chi connectivity index (χ0) is 27.8. The smallest absolute Gasteiger partial charge is 0.307 e. The van der Waals surface area contributed by atoms with Crippen LogP contribution in [0.1, 0.15) is 47.8 Å². The minimum absolute atomic E-state index is 0.0456. The molecule has 39 heavy (non-hydrogen) atoms. The maximum absolute atomic E-state index is 14.9. The van der Waals surface area contributed by atoms with Gasteiger partial charge in [-0.1, -0.05) is 41.9 Å². The minimum atomic E-state index is -1.05. The number of aromatic nitrogens is 2. The van der Waals surface area contributed by atoms with Gasteiger partial charge in [-0.3, -0.25) is 23.9 Å². The van der Waals surface area contributed by atoms with Crippen LogP contribution >= 0.6 is 11.6 Å². The summed E-state index contributed by atoms with van der Waals surface area (Å²) in [5.74, 6) is -3.02. The standard InChI is InChI=1S/C27H27ClFN5O5/c1-39-22(36)12-19(16-6-4-7-18(28)23(16)29)31-27(38)25-14-9-10-15(11-14)34(25)21(35)13-33-20-8-3-2-5-17(20)24(32-33)26(30)37/h2-8,14-15,19,25H,9-13H2,1H3,(H2,30,37)(H,31,38)/t14-,15+,19?,25-/m0/s1. The van der Waals surface area contributed by atoms with Gasteiger partial charge in [0.15, 0.2) is 5.69 Å². The highest BCUT2D eigenvalue weighted by molar-refractivity contribution is 6.30. The van der Waals surface area contributed by atoms with Gasteiger partial charge in [-0.2, -0.15) is 5.10 Å². The number of esters is 1. The highest BCUT2D eigenvalue weighted by Gasteiger charge is 2.51. The van der Waals surface area contributed by atoms with Crippen molar-refractivity contribution in [3.8, 4) is 0 Å². The van der Waals surface area contributed by atoms with E-state index >= 15 is 0 Å². The number of methoxy groups -OCH3 is 1. The Morgan fingerprint density at radius 1 is 1.18 bits per heavy atom. The van der Waals surface area contributed by atoms with Crippen LogP contribution in [0.2, 0.25) is 5.02 Å². The van der Waals surface area contributed by atoms with Crippen LogP contribution in [0.3, 0.4) is 0 Å². The summed E-state index contributed by atoms with van der Waals surface area (Å²) in [4.78, 5) is 52.9. The average molecular weight is 556 g/mol. The van der Waals surface area contributed by atoms with Crippen molar-refractivity contribution in [1.82, 2.24) is 20.0 Å². The van der Waals surface area contributed by atoms with Crippen LogP contribution in [-0.2, 0) is 25.7 Å². The largest absolute Gasteiger partial charge is 0.469 e. The number of carbonyl (C=O) groups is 4. The third-order valence-electron chi connectivity index (χ3n) is 7.59. The van der Waals surface area contributed by atoms with Gasteiger partial charge in [0.2, 0.25) is 11.8 Å². The second kappa shape index (κ2) is 10.6. The number of halogens is 2. The summed E-state index contributed by atoms with van der Waals surface area (Å²) in [5.41, 5.74) is 6.16. The molecule has 0 radical (unpaired) electrons. The summed E-state index contributed by atoms with van der Waals surface area (Å²) in [6, 6.07) is 9.29. The predicted molar refractivity (Wildman–Crippen MR) is 139 cm³/mol. The fourth-order valence-corrected chi connectivity index (χ4v) is 6.04. The van der Waals surface area contributed by atoms with E-state index < -0.39 is 35.7 Å². The second-order valence-electron chi connectivity index (χ2n) is 9.84. The molecule has 2 aliphatic rings. The third-order valence-corrected chi connectivity index (χ3v) is 7.88. The number of para-hydroxylation sites is 1. The number of amides is 3. The number of rotatable bonds is 8. The average Bonchev–Trinajstić information content (AvgIpc) is 3.63. The lowest BCUT2D eigenvalue weighted by molar-refractivity contribution is -0.145. The van der Waals surface area contributed by atoms with E-state index in [1.807, 2.05) is 0 Å². The van der Waals surface area contributed by atoms with E-state index in [-0.39, 0.29) is 47.1 Å². The van der Waals surface area contributed by atoms with Crippen molar-refractivity contribution in [1.29, 1.82) is 0 Å². The molecule has 1 saturated carbocycles. The Morgan fingerprint density at radius 3 is 2.69 bits per heavy atom. The molecule has 1 aromatic heterocycles. The first-order valence-electron chi connectivity index (χ1n) is 12.6. The highest BCUT2D eigenvalue weighted by Crippen LogP contribution is 2.43. The molecule has 4 atom stereocenters. The molecule has 3 amide bonds. The van der Waals surface area contributed by atoms with E-state index in [4.69, 9.17) is 22.1 Å². The van der Waals surface area contributed by atoms with Crippen LogP contribution in [0, 0.1) is 11.7 Å². The first kappa shape index (κ1) is 26.6. The van der Waals surface area contributed by atoms with Crippen LogP contribution in [0.5, 0.6) is 0 Å². The summed E-state index contributed by atoms with van der Waals surface area (Å²) in [7, 11) is 1.20. The number of hydrogen-bond acceptors (Lipinski definition) is 6. The number of carbonyl (C=O) groups excluding carboxylic acids is 4. The van der Waals surface area contributed by atoms with Gasteiger partial charge < -0.3 is 20.7 Å². The summed E-state index contributed by atoms with van der Waals surface area (Å²) in [6.45, 7) is -0.199. The van der Waals surface area contributed by atoms with E-state index in [0.29, 0.717) is 17.3 Å². The zero-order valence-corrected chi connectivity index (χ0v) is 21.9. The lowest BCUT2D eigenvalue weighted by atomic mass is 9.96. The van der Waals surface area contributed by atoms with Gasteiger partial charge in [0, 0.05) is 17.0 Å². The molecule has 2 bridgehead atoms. The van der Waals surface area contributed by atoms with Gasteiger partial charge in [-0.05, 0) is 37.3 Å². The van der Waals surface area contributed by atoms with Crippen LogP contribution in [0.25, 0.3) is 10.9 Å². The number of primary amides is 1. The maximum Gasteiger partial charge on any atom is 0.307 e. The molecular formula is C27H27ClFN5O5. The Kier molecular flexibility index (Phi) is 7.26. The molecule has 1 unspecified atom stereocenters. The van der Waals surface area contributed by atoms with Crippen LogP contribution in [-0.4, -0.2) is 57.6 Å². The number of nitrogens with zero attached hydrogens (tertiary/aromatic N) is 3. The molecule has 1 aliphatic heterocycles. The molecule has 10 nitrogen and oxygen atoms in total. The lowest BCUT2D eigenvalue weighted by Crippen LogP contribution is -2.54. The van der Waals surface area contributed by atoms with Gasteiger partial charge in [0.05, 0.1) is 30.1 Å². The second-order valence-corrected chi connectivity index (χ2v) is 10.3. The normalized spacial score (nSPS) is 20.7. The van der Waals surface area contributed by atoms with E-state index in [9.17, 15) is 23.6 Å². The van der Waals surface area contributed by atoms with Crippen molar-refractivity contribution in [2.75, 3.05) is 7.11 Å². The number of ether oxygens (including phenoxy) is 1. The van der Waals surface area contributed by atoms with Gasteiger partial charge >= 0.3 is 5.97 Å². The number of hydrogen-bond donors (Lipinski definition) is 2. The van der Waals surface area contributed by atoms with Gasteiger partial charge in [0.1, 0.15) is 18.4 Å². The molecule has 2 aromatic carbocycles. The van der Waals surface area contributed by atoms with Crippen LogP contribution < -0.4 is 11.1 Å². The van der Waals surface area contributed by atoms with Gasteiger partial charge in [-0.15, -0.1) is 0 Å². The molecule has 2 heterocycles. The van der Waals surface area contributed by atoms with Crippen molar-refractivity contribution in [3.05, 3.63) is 64.6 Å². The Hall–Kier alpha value is -3.99. The fourth-order valence-electron chi connectivity index (χ4n) is 5.86. The van der Waals surface area contributed by atoms with Gasteiger partial charge in [-0.25, -0.2) is 4.39 Å². The van der Waals surface area contributed by atoms with Crippen molar-refractivity contribution < 1.29 is 28.3 Å². The topological polar surface area (TPSA) is 137 Å². The predicted octanol–water partition coefficient (Wildman–Crippen LogP) is 2.73. The summed E-state index contributed by atoms with van der Waals surface area (Å²) in [5, 5.41) is 7.43. The molecule has 3 N–H and O–H groups in total. The van der Waals surface area contributed by atoms with Crippen molar-refractivity contribution >= 4 is 46.2 Å². The first-order valence-corrected chi connectivity index (χ1v) is 12.9. The summed E-state index contributed by atoms with van der Waals surface area (Å²) < 4.78 is 21.0. The Balaban J connectivity index is 1.41. The first-order chi connectivity index (χ1) is 18.7. The molecule has 1 saturated heterocycles. The van der Waals surface area contributed by atoms with Crippen LogP contribution in [0.15, 0.2) is 42.5 Å². The summed E-state index contributed by atoms with van der Waals surface area (Å²) >= 11 is 5.95. The van der Waals surface area contributed by atoms with E-state index in [0.717, 1.165) is 12.8 Å². The fraction of sp³-hybridized carbons (Fsp3) is 0.370. The maximum atomic E-state index is 14.9. The molecule has 204 valence electrons. The Morgan fingerprint density at radius 2 is 1.95 bits per heavy atom.